The van der Waals surface area contributed by atoms with Crippen LogP contribution in [0.4, 0.5) is 8.78 Å². The van der Waals surface area contributed by atoms with Gasteiger partial charge in [-0.1, -0.05) is 62.9 Å². The number of halogens is 2. The van der Waals surface area contributed by atoms with Gasteiger partial charge in [0, 0.05) is 25.4 Å². The number of nitrogens with zero attached hydrogens (tertiary/aromatic N) is 1. The molecule has 5 nitrogen and oxygen atoms in total. The Kier molecular flexibility index (Phi) is 12.7. The standard InChI is InChI=1S/C28H43F2NO4/c1-22(13-7-5-8-14-23-15-9-6-10-16-23)25(32)19-18-24-21-28(29,30)27(34)31(24)20-12-4-3-11-17-26(33)35-2/h6,9-10,15-16,22,24-25,32H,3-5,7-8,11-14,17-21H2,1-2H3/t22-,24+,25-/m1/s1. The maximum atomic E-state index is 14.1. The molecule has 1 aliphatic rings. The average molecular weight is 496 g/mol. The van der Waals surface area contributed by atoms with Gasteiger partial charge in [0.2, 0.25) is 0 Å². The van der Waals surface area contributed by atoms with Crippen LogP contribution < -0.4 is 0 Å². The Morgan fingerprint density at radius 1 is 1.09 bits per heavy atom. The molecule has 0 radical (unpaired) electrons. The van der Waals surface area contributed by atoms with Gasteiger partial charge in [0.1, 0.15) is 0 Å². The molecule has 35 heavy (non-hydrogen) atoms. The first-order valence-corrected chi connectivity index (χ1v) is 13.2. The minimum absolute atomic E-state index is 0.104. The lowest BCUT2D eigenvalue weighted by Crippen LogP contribution is -2.37. The van der Waals surface area contributed by atoms with Crippen LogP contribution in [0.1, 0.15) is 89.5 Å². The van der Waals surface area contributed by atoms with Crippen molar-refractivity contribution in [1.82, 2.24) is 4.90 Å². The van der Waals surface area contributed by atoms with E-state index in [0.29, 0.717) is 38.6 Å². The largest absolute Gasteiger partial charge is 0.469 e. The summed E-state index contributed by atoms with van der Waals surface area (Å²) in [5, 5.41) is 10.6. The summed E-state index contributed by atoms with van der Waals surface area (Å²) < 4.78 is 32.9. The second-order valence-corrected chi connectivity index (χ2v) is 10.0. The van der Waals surface area contributed by atoms with Gasteiger partial charge in [-0.05, 0) is 56.4 Å². The predicted molar refractivity (Wildman–Crippen MR) is 133 cm³/mol. The van der Waals surface area contributed by atoms with Crippen molar-refractivity contribution in [2.75, 3.05) is 13.7 Å². The summed E-state index contributed by atoms with van der Waals surface area (Å²) >= 11 is 0. The number of methoxy groups -OCH3 is 1. The Labute approximate surface area is 209 Å². The van der Waals surface area contributed by atoms with E-state index < -0.39 is 30.4 Å². The summed E-state index contributed by atoms with van der Waals surface area (Å²) in [5.74, 6) is -4.55. The van der Waals surface area contributed by atoms with Crippen molar-refractivity contribution < 1.29 is 28.2 Å². The van der Waals surface area contributed by atoms with E-state index in [0.717, 1.165) is 44.9 Å². The highest BCUT2D eigenvalue weighted by Gasteiger charge is 2.52. The molecule has 7 heteroatoms. The number of ether oxygens (including phenoxy) is 1. The highest BCUT2D eigenvalue weighted by Crippen LogP contribution is 2.36. The molecule has 198 valence electrons. The van der Waals surface area contributed by atoms with Gasteiger partial charge in [-0.3, -0.25) is 9.59 Å². The number of amides is 1. The molecule has 0 aromatic heterocycles. The third-order valence-electron chi connectivity index (χ3n) is 7.18. The van der Waals surface area contributed by atoms with Crippen molar-refractivity contribution in [2.45, 2.75) is 108 Å². The minimum atomic E-state index is -3.31. The molecular weight excluding hydrogens is 452 g/mol. The number of hydrogen-bond donors (Lipinski definition) is 1. The maximum absolute atomic E-state index is 14.1. The monoisotopic (exact) mass is 495 g/mol. The van der Waals surface area contributed by atoms with Gasteiger partial charge < -0.3 is 14.7 Å². The van der Waals surface area contributed by atoms with E-state index in [1.807, 2.05) is 13.0 Å². The van der Waals surface area contributed by atoms with Gasteiger partial charge in [0.15, 0.2) is 0 Å². The molecule has 0 bridgehead atoms. The van der Waals surface area contributed by atoms with Crippen molar-refractivity contribution in [2.24, 2.45) is 5.92 Å². The first-order chi connectivity index (χ1) is 16.7. The third-order valence-corrected chi connectivity index (χ3v) is 7.18. The number of carbonyl (C=O) groups is 2. The Bertz CT molecular complexity index is 759. The van der Waals surface area contributed by atoms with Crippen LogP contribution in [0.3, 0.4) is 0 Å². The van der Waals surface area contributed by atoms with Crippen LogP contribution in [0.5, 0.6) is 0 Å². The molecule has 1 amide bonds. The summed E-state index contributed by atoms with van der Waals surface area (Å²) in [6.45, 7) is 2.31. The fourth-order valence-electron chi connectivity index (χ4n) is 4.88. The number of rotatable bonds is 17. The molecule has 1 N–H and O–H groups in total. The van der Waals surface area contributed by atoms with Crippen molar-refractivity contribution in [3.05, 3.63) is 35.9 Å². The van der Waals surface area contributed by atoms with Crippen molar-refractivity contribution >= 4 is 11.9 Å². The zero-order valence-electron chi connectivity index (χ0n) is 21.4. The molecule has 1 aliphatic heterocycles. The number of alkyl halides is 2. The van der Waals surface area contributed by atoms with Crippen LogP contribution in [0.2, 0.25) is 0 Å². The number of unbranched alkanes of at least 4 members (excludes halogenated alkanes) is 5. The Morgan fingerprint density at radius 3 is 2.49 bits per heavy atom. The minimum Gasteiger partial charge on any atom is -0.469 e. The van der Waals surface area contributed by atoms with Gasteiger partial charge in [-0.25, -0.2) is 0 Å². The Hall–Kier alpha value is -2.02. The lowest BCUT2D eigenvalue weighted by molar-refractivity contribution is -0.148. The lowest BCUT2D eigenvalue weighted by Gasteiger charge is -2.26. The third kappa shape index (κ3) is 10.2. The number of aliphatic hydroxyl groups is 1. The van der Waals surface area contributed by atoms with Gasteiger partial charge in [-0.2, -0.15) is 8.78 Å². The quantitative estimate of drug-likeness (QED) is 0.215. The molecular formula is C28H43F2NO4. The molecule has 0 spiro atoms. The first-order valence-electron chi connectivity index (χ1n) is 13.2. The smallest absolute Gasteiger partial charge is 0.326 e. The van der Waals surface area contributed by atoms with Crippen LogP contribution in [-0.4, -0.2) is 53.6 Å². The summed E-state index contributed by atoms with van der Waals surface area (Å²) in [6, 6.07) is 9.87. The fraction of sp³-hybridized carbons (Fsp3) is 0.714. The summed E-state index contributed by atoms with van der Waals surface area (Å²) in [7, 11) is 1.35. The van der Waals surface area contributed by atoms with Gasteiger partial charge in [-0.15, -0.1) is 0 Å². The lowest BCUT2D eigenvalue weighted by atomic mass is 9.92. The second-order valence-electron chi connectivity index (χ2n) is 10.0. The van der Waals surface area contributed by atoms with E-state index in [2.05, 4.69) is 29.0 Å². The zero-order valence-corrected chi connectivity index (χ0v) is 21.4. The van der Waals surface area contributed by atoms with E-state index in [1.54, 1.807) is 0 Å². The maximum Gasteiger partial charge on any atom is 0.326 e. The van der Waals surface area contributed by atoms with E-state index in [9.17, 15) is 23.5 Å². The number of esters is 1. The van der Waals surface area contributed by atoms with Gasteiger partial charge in [0.25, 0.3) is 5.91 Å². The van der Waals surface area contributed by atoms with E-state index in [1.165, 1.54) is 17.6 Å². The highest BCUT2D eigenvalue weighted by atomic mass is 19.3. The molecule has 2 rings (SSSR count). The molecule has 0 aliphatic carbocycles. The van der Waals surface area contributed by atoms with Crippen LogP contribution in [-0.2, 0) is 20.7 Å². The summed E-state index contributed by atoms with van der Waals surface area (Å²) in [4.78, 5) is 24.7. The molecule has 1 heterocycles. The molecule has 1 aromatic carbocycles. The molecule has 0 saturated carbocycles. The first kappa shape index (κ1) is 29.2. The van der Waals surface area contributed by atoms with Crippen molar-refractivity contribution in [3.8, 4) is 0 Å². The van der Waals surface area contributed by atoms with Crippen LogP contribution in [0.25, 0.3) is 0 Å². The molecule has 3 atom stereocenters. The fourth-order valence-corrected chi connectivity index (χ4v) is 4.88. The topological polar surface area (TPSA) is 66.8 Å². The second kappa shape index (κ2) is 15.2. The van der Waals surface area contributed by atoms with Crippen molar-refractivity contribution in [1.29, 1.82) is 0 Å². The molecule has 0 unspecified atom stereocenters. The number of aryl methyl sites for hydroxylation is 1. The van der Waals surface area contributed by atoms with Gasteiger partial charge in [0.05, 0.1) is 13.2 Å². The van der Waals surface area contributed by atoms with E-state index in [-0.39, 0.29) is 11.9 Å². The van der Waals surface area contributed by atoms with Crippen LogP contribution in [0.15, 0.2) is 30.3 Å². The van der Waals surface area contributed by atoms with Crippen LogP contribution in [0, 0.1) is 5.92 Å². The summed E-state index contributed by atoms with van der Waals surface area (Å²) in [5.41, 5.74) is 1.34. The number of likely N-dealkylation sites (tertiary alicyclic amines) is 1. The van der Waals surface area contributed by atoms with Crippen molar-refractivity contribution in [3.63, 3.8) is 0 Å². The molecule has 1 aromatic rings. The normalized spacial score (nSPS) is 19.1. The Balaban J connectivity index is 1.67. The Morgan fingerprint density at radius 2 is 1.77 bits per heavy atom. The van der Waals surface area contributed by atoms with Gasteiger partial charge >= 0.3 is 11.9 Å². The zero-order chi connectivity index (χ0) is 25.7. The number of aliphatic hydroxyl groups excluding tert-OH is 1. The molecule has 1 fully saturated rings. The number of benzene rings is 1. The average Bonchev–Trinajstić information content (AvgIpc) is 3.07. The number of carbonyl (C=O) groups excluding carboxylic acids is 2. The number of hydrogen-bond acceptors (Lipinski definition) is 4. The SMILES string of the molecule is COC(=O)CCCCCCN1C(=O)C(F)(F)C[C@@H]1CC[C@@H](O)[C@H](C)CCCCCc1ccccc1. The van der Waals surface area contributed by atoms with E-state index >= 15 is 0 Å². The van der Waals surface area contributed by atoms with Crippen LogP contribution >= 0.6 is 0 Å². The van der Waals surface area contributed by atoms with E-state index in [4.69, 9.17) is 0 Å². The summed E-state index contributed by atoms with van der Waals surface area (Å²) in [6.07, 6.45) is 8.25. The highest BCUT2D eigenvalue weighted by molar-refractivity contribution is 5.86. The molecule has 1 saturated heterocycles. The predicted octanol–water partition coefficient (Wildman–Crippen LogP) is 5.93.